The summed E-state index contributed by atoms with van der Waals surface area (Å²) in [6.45, 7) is 2.06. The van der Waals surface area contributed by atoms with Gasteiger partial charge >= 0.3 is 5.69 Å². The molecule has 0 atom stereocenters. The van der Waals surface area contributed by atoms with Gasteiger partial charge in [0.15, 0.2) is 0 Å². The highest BCUT2D eigenvalue weighted by atomic mass is 32.2. The molecule has 1 fully saturated rings. The topological polar surface area (TPSA) is 94.2 Å². The van der Waals surface area contributed by atoms with Gasteiger partial charge in [-0.3, -0.25) is 10.1 Å². The molecule has 2 aromatic carbocycles. The van der Waals surface area contributed by atoms with Crippen molar-refractivity contribution in [3.05, 3.63) is 58.4 Å². The van der Waals surface area contributed by atoms with Gasteiger partial charge in [-0.1, -0.05) is 0 Å². The van der Waals surface area contributed by atoms with E-state index in [1.165, 1.54) is 33.5 Å². The molecule has 3 rings (SSSR count). The van der Waals surface area contributed by atoms with Crippen LogP contribution in [0.4, 0.5) is 10.1 Å². The van der Waals surface area contributed by atoms with E-state index in [-0.39, 0.29) is 16.4 Å². The van der Waals surface area contributed by atoms with Gasteiger partial charge in [0.2, 0.25) is 15.8 Å². The number of ether oxygens (including phenoxy) is 1. The van der Waals surface area contributed by atoms with Crippen molar-refractivity contribution >= 4 is 15.7 Å². The highest BCUT2D eigenvalue weighted by Crippen LogP contribution is 2.34. The summed E-state index contributed by atoms with van der Waals surface area (Å²) >= 11 is 0. The van der Waals surface area contributed by atoms with Crippen molar-refractivity contribution in [3.8, 4) is 11.5 Å². The van der Waals surface area contributed by atoms with Gasteiger partial charge in [-0.2, -0.15) is 4.31 Å². The zero-order chi connectivity index (χ0) is 19.6. The van der Waals surface area contributed by atoms with Crippen LogP contribution < -0.4 is 9.64 Å². The third-order valence-electron chi connectivity index (χ3n) is 4.38. The average molecular weight is 396 g/mol. The van der Waals surface area contributed by atoms with E-state index in [4.69, 9.17) is 4.74 Å². The fourth-order valence-electron chi connectivity index (χ4n) is 2.77. The number of nitro benzene ring substituents is 1. The van der Waals surface area contributed by atoms with Crippen LogP contribution in [0, 0.1) is 15.9 Å². The highest BCUT2D eigenvalue weighted by Gasteiger charge is 2.31. The van der Waals surface area contributed by atoms with Crippen LogP contribution in [-0.2, 0) is 10.0 Å². The van der Waals surface area contributed by atoms with Gasteiger partial charge in [-0.15, -0.1) is 0 Å². The first kappa shape index (κ1) is 19.2. The van der Waals surface area contributed by atoms with Gasteiger partial charge in [-0.25, -0.2) is 12.8 Å². The number of piperazine rings is 1. The van der Waals surface area contributed by atoms with E-state index < -0.39 is 26.5 Å². The molecule has 2 aromatic rings. The van der Waals surface area contributed by atoms with Crippen molar-refractivity contribution < 1.29 is 27.4 Å². The molecular formula is C17H19FN3O5S+. The van der Waals surface area contributed by atoms with Gasteiger partial charge in [0.05, 0.1) is 43.0 Å². The lowest BCUT2D eigenvalue weighted by Gasteiger charge is -2.29. The summed E-state index contributed by atoms with van der Waals surface area (Å²) in [6.07, 6.45) is 0. The normalized spacial score (nSPS) is 16.2. The standard InChI is InChI=1S/C17H18FN3O5S/c1-19-8-10-20(11-9-19)27(24,25)15-6-7-17(16(12-15)21(22)23)26-14-4-2-13(18)3-5-14/h2-7,12H,8-11H2,1H3/p+1. The minimum Gasteiger partial charge on any atom is -0.450 e. The highest BCUT2D eigenvalue weighted by molar-refractivity contribution is 7.89. The minimum absolute atomic E-state index is 0.117. The first-order chi connectivity index (χ1) is 12.8. The van der Waals surface area contributed by atoms with Crippen LogP contribution in [0.3, 0.4) is 0 Å². The average Bonchev–Trinajstić information content (AvgIpc) is 2.64. The Bertz CT molecular complexity index is 942. The van der Waals surface area contributed by atoms with Gasteiger partial charge in [0.25, 0.3) is 0 Å². The lowest BCUT2D eigenvalue weighted by molar-refractivity contribution is -0.883. The van der Waals surface area contributed by atoms with E-state index in [0.717, 1.165) is 18.2 Å². The number of halogens is 1. The summed E-state index contributed by atoms with van der Waals surface area (Å²) in [6, 6.07) is 8.51. The smallest absolute Gasteiger partial charge is 0.312 e. The number of hydrogen-bond acceptors (Lipinski definition) is 5. The zero-order valence-corrected chi connectivity index (χ0v) is 15.4. The van der Waals surface area contributed by atoms with Crippen molar-refractivity contribution in [3.63, 3.8) is 0 Å². The molecular weight excluding hydrogens is 377 g/mol. The summed E-state index contributed by atoms with van der Waals surface area (Å²) in [5.74, 6) is -0.377. The molecule has 0 unspecified atom stereocenters. The maximum atomic E-state index is 13.0. The van der Waals surface area contributed by atoms with Crippen molar-refractivity contribution in [2.45, 2.75) is 4.90 Å². The molecule has 1 heterocycles. The predicted octanol–water partition coefficient (Wildman–Crippen LogP) is 1.05. The molecule has 0 aliphatic carbocycles. The SMILES string of the molecule is C[NH+]1CCN(S(=O)(=O)c2ccc(Oc3ccc(F)cc3)c([N+](=O)[O-])c2)CC1. The summed E-state index contributed by atoms with van der Waals surface area (Å²) in [4.78, 5) is 11.8. The van der Waals surface area contributed by atoms with E-state index in [1.807, 2.05) is 7.05 Å². The summed E-state index contributed by atoms with van der Waals surface area (Å²) in [5, 5.41) is 11.4. The molecule has 0 amide bonds. The molecule has 27 heavy (non-hydrogen) atoms. The van der Waals surface area contributed by atoms with E-state index in [9.17, 15) is 22.9 Å². The number of rotatable bonds is 5. The van der Waals surface area contributed by atoms with Crippen molar-refractivity contribution in [1.29, 1.82) is 0 Å². The minimum atomic E-state index is -3.83. The van der Waals surface area contributed by atoms with Crippen LogP contribution in [0.2, 0.25) is 0 Å². The van der Waals surface area contributed by atoms with Crippen LogP contribution >= 0.6 is 0 Å². The monoisotopic (exact) mass is 396 g/mol. The molecule has 1 aliphatic heterocycles. The summed E-state index contributed by atoms with van der Waals surface area (Å²) < 4.78 is 45.3. The van der Waals surface area contributed by atoms with Crippen LogP contribution in [0.25, 0.3) is 0 Å². The Morgan fingerprint density at radius 2 is 1.78 bits per heavy atom. The number of likely N-dealkylation sites (N-methyl/N-ethyl adjacent to an activating group) is 1. The third kappa shape index (κ3) is 4.24. The Morgan fingerprint density at radius 1 is 1.15 bits per heavy atom. The summed E-state index contributed by atoms with van der Waals surface area (Å²) in [7, 11) is -1.84. The van der Waals surface area contributed by atoms with Gasteiger partial charge < -0.3 is 9.64 Å². The van der Waals surface area contributed by atoms with Crippen molar-refractivity contribution in [1.82, 2.24) is 4.31 Å². The second-order valence-corrected chi connectivity index (χ2v) is 8.24. The lowest BCUT2D eigenvalue weighted by atomic mass is 10.3. The van der Waals surface area contributed by atoms with Gasteiger partial charge in [0, 0.05) is 6.07 Å². The van der Waals surface area contributed by atoms with E-state index >= 15 is 0 Å². The first-order valence-corrected chi connectivity index (χ1v) is 9.75. The maximum Gasteiger partial charge on any atom is 0.312 e. The molecule has 1 aliphatic rings. The van der Waals surface area contributed by atoms with Crippen LogP contribution in [0.5, 0.6) is 11.5 Å². The van der Waals surface area contributed by atoms with Crippen molar-refractivity contribution in [2.24, 2.45) is 0 Å². The van der Waals surface area contributed by atoms with E-state index in [2.05, 4.69) is 0 Å². The Morgan fingerprint density at radius 3 is 2.37 bits per heavy atom. The molecule has 10 heteroatoms. The second kappa shape index (κ2) is 7.59. The fraction of sp³-hybridized carbons (Fsp3) is 0.294. The second-order valence-electron chi connectivity index (χ2n) is 6.30. The Balaban J connectivity index is 1.91. The first-order valence-electron chi connectivity index (χ1n) is 8.30. The van der Waals surface area contributed by atoms with Gasteiger partial charge in [-0.05, 0) is 36.4 Å². The van der Waals surface area contributed by atoms with Crippen LogP contribution in [-0.4, -0.2) is 50.9 Å². The predicted molar refractivity (Wildman–Crippen MR) is 94.9 cm³/mol. The zero-order valence-electron chi connectivity index (χ0n) is 14.6. The fourth-order valence-corrected chi connectivity index (χ4v) is 4.24. The molecule has 0 aromatic heterocycles. The van der Waals surface area contributed by atoms with Crippen LogP contribution in [0.1, 0.15) is 0 Å². The molecule has 1 saturated heterocycles. The number of benzene rings is 2. The number of nitrogens with one attached hydrogen (secondary N) is 1. The van der Waals surface area contributed by atoms with Crippen LogP contribution in [0.15, 0.2) is 47.4 Å². The molecule has 144 valence electrons. The molecule has 0 saturated carbocycles. The number of quaternary nitrogens is 1. The molecule has 0 bridgehead atoms. The largest absolute Gasteiger partial charge is 0.450 e. The van der Waals surface area contributed by atoms with Gasteiger partial charge in [0.1, 0.15) is 11.6 Å². The summed E-state index contributed by atoms with van der Waals surface area (Å²) in [5.41, 5.74) is -0.472. The number of nitrogens with zero attached hydrogens (tertiary/aromatic N) is 2. The number of sulfonamides is 1. The van der Waals surface area contributed by atoms with Crippen molar-refractivity contribution in [2.75, 3.05) is 33.2 Å². The third-order valence-corrected chi connectivity index (χ3v) is 6.28. The molecule has 1 N–H and O–H groups in total. The van der Waals surface area contributed by atoms with E-state index in [0.29, 0.717) is 26.2 Å². The number of nitro groups is 1. The Hall–Kier alpha value is -2.56. The molecule has 0 spiro atoms. The lowest BCUT2D eigenvalue weighted by Crippen LogP contribution is -3.12. The van der Waals surface area contributed by atoms with E-state index in [1.54, 1.807) is 0 Å². The molecule has 8 nitrogen and oxygen atoms in total. The number of hydrogen-bond donors (Lipinski definition) is 1. The molecule has 0 radical (unpaired) electrons. The Labute approximate surface area is 156 Å². The Kier molecular flexibility index (Phi) is 5.40. The maximum absolute atomic E-state index is 13.0. The quantitative estimate of drug-likeness (QED) is 0.602.